The number of aromatic nitrogens is 3. The summed E-state index contributed by atoms with van der Waals surface area (Å²) in [7, 11) is 0. The van der Waals surface area contributed by atoms with Crippen LogP contribution in [0.3, 0.4) is 0 Å². The Morgan fingerprint density at radius 1 is 1.05 bits per heavy atom. The number of carbonyl (C=O) groups is 2. The molecule has 5 rings (SSSR count). The largest absolute Gasteiger partial charge is 0.505 e. The molecular formula is C29H28N4O5. The van der Waals surface area contributed by atoms with Gasteiger partial charge in [-0.2, -0.15) is 0 Å². The molecule has 0 unspecified atom stereocenters. The maximum atomic E-state index is 13.6. The number of benzene rings is 1. The van der Waals surface area contributed by atoms with Gasteiger partial charge in [0, 0.05) is 29.9 Å². The predicted octanol–water partition coefficient (Wildman–Crippen LogP) is 4.29. The van der Waals surface area contributed by atoms with Crippen molar-refractivity contribution in [3.05, 3.63) is 76.5 Å². The highest BCUT2D eigenvalue weighted by Crippen LogP contribution is 2.40. The van der Waals surface area contributed by atoms with Crippen molar-refractivity contribution < 1.29 is 19.8 Å². The summed E-state index contributed by atoms with van der Waals surface area (Å²) >= 11 is 0. The third-order valence-electron chi connectivity index (χ3n) is 7.05. The van der Waals surface area contributed by atoms with E-state index in [1.807, 2.05) is 30.3 Å². The third kappa shape index (κ3) is 5.00. The Morgan fingerprint density at radius 2 is 1.79 bits per heavy atom. The summed E-state index contributed by atoms with van der Waals surface area (Å²) in [6.07, 6.45) is 7.73. The molecule has 3 aromatic heterocycles. The van der Waals surface area contributed by atoms with Gasteiger partial charge in [0.25, 0.3) is 11.5 Å². The molecule has 9 nitrogen and oxygen atoms in total. The molecule has 1 aliphatic rings. The smallest absolute Gasteiger partial charge is 0.305 e. The number of hydrogen-bond acceptors (Lipinski definition) is 6. The van der Waals surface area contributed by atoms with Crippen molar-refractivity contribution in [3.8, 4) is 28.1 Å². The van der Waals surface area contributed by atoms with Crippen LogP contribution in [0.4, 0.5) is 0 Å². The molecule has 1 fully saturated rings. The number of amides is 1. The summed E-state index contributed by atoms with van der Waals surface area (Å²) in [5, 5.41) is 23.4. The summed E-state index contributed by atoms with van der Waals surface area (Å²) in [6.45, 7) is -0.120. The fourth-order valence-corrected chi connectivity index (χ4v) is 5.28. The van der Waals surface area contributed by atoms with Crippen LogP contribution in [0.2, 0.25) is 0 Å². The Labute approximate surface area is 218 Å². The van der Waals surface area contributed by atoms with Crippen molar-refractivity contribution in [2.45, 2.75) is 38.5 Å². The molecule has 0 spiro atoms. The SMILES string of the molecule is O=C(O)CCNC(=O)c1nc(-c2cccnc2)c2[nH]c(=O)c(-c3ccccc3)c(CC3CCCC3)c2c1O. The topological polar surface area (TPSA) is 145 Å². The standard InChI is InChI=1S/C29H28N4O5/c34-21(35)12-14-31-29(38)26-27(36)23-20(15-17-7-4-5-8-17)22(18-9-2-1-3-10-18)28(37)33-25(23)24(32-26)19-11-6-13-30-16-19/h1-3,6,9-11,13,16-17,36H,4-5,7-8,12,14-15H2,(H,31,38)(H,33,37)(H,34,35). The molecule has 1 aliphatic carbocycles. The molecule has 1 saturated carbocycles. The Hall–Kier alpha value is -4.53. The van der Waals surface area contributed by atoms with E-state index in [1.54, 1.807) is 24.5 Å². The van der Waals surface area contributed by atoms with Crippen LogP contribution in [0.1, 0.15) is 48.2 Å². The second kappa shape index (κ2) is 10.8. The van der Waals surface area contributed by atoms with E-state index in [9.17, 15) is 19.5 Å². The lowest BCUT2D eigenvalue weighted by atomic mass is 9.88. The van der Waals surface area contributed by atoms with Crippen LogP contribution in [-0.2, 0) is 11.2 Å². The van der Waals surface area contributed by atoms with Crippen LogP contribution in [0, 0.1) is 5.92 Å². The van der Waals surface area contributed by atoms with Crippen molar-refractivity contribution in [2.75, 3.05) is 6.54 Å². The molecule has 3 heterocycles. The van der Waals surface area contributed by atoms with E-state index in [-0.39, 0.29) is 30.0 Å². The molecule has 0 radical (unpaired) electrons. The number of rotatable bonds is 8. The molecule has 4 N–H and O–H groups in total. The van der Waals surface area contributed by atoms with E-state index >= 15 is 0 Å². The lowest BCUT2D eigenvalue weighted by Gasteiger charge is -2.20. The second-order valence-corrected chi connectivity index (χ2v) is 9.58. The molecule has 9 heteroatoms. The predicted molar refractivity (Wildman–Crippen MR) is 143 cm³/mol. The second-order valence-electron chi connectivity index (χ2n) is 9.58. The van der Waals surface area contributed by atoms with Gasteiger partial charge in [-0.25, -0.2) is 4.98 Å². The van der Waals surface area contributed by atoms with Gasteiger partial charge in [-0.05, 0) is 35.6 Å². The number of aromatic amines is 1. The first kappa shape index (κ1) is 25.1. The normalized spacial score (nSPS) is 13.6. The number of carbonyl (C=O) groups excluding carboxylic acids is 1. The van der Waals surface area contributed by atoms with E-state index in [2.05, 4.69) is 20.3 Å². The van der Waals surface area contributed by atoms with Gasteiger partial charge in [-0.1, -0.05) is 56.0 Å². The number of fused-ring (bicyclic) bond motifs is 1. The molecule has 0 bridgehead atoms. The molecule has 0 saturated heterocycles. The molecule has 1 aromatic carbocycles. The van der Waals surface area contributed by atoms with Crippen molar-refractivity contribution >= 4 is 22.8 Å². The van der Waals surface area contributed by atoms with Gasteiger partial charge < -0.3 is 20.5 Å². The molecule has 4 aromatic rings. The number of hydrogen-bond donors (Lipinski definition) is 4. The quantitative estimate of drug-likeness (QED) is 0.275. The fraction of sp³-hybridized carbons (Fsp3) is 0.276. The van der Waals surface area contributed by atoms with Crippen LogP contribution < -0.4 is 10.9 Å². The number of aromatic hydroxyl groups is 1. The lowest BCUT2D eigenvalue weighted by molar-refractivity contribution is -0.136. The Kier molecular flexibility index (Phi) is 7.17. The summed E-state index contributed by atoms with van der Waals surface area (Å²) < 4.78 is 0. The molecule has 38 heavy (non-hydrogen) atoms. The number of nitrogens with one attached hydrogen (secondary N) is 2. The number of pyridine rings is 3. The Morgan fingerprint density at radius 3 is 2.47 bits per heavy atom. The number of aliphatic carboxylic acids is 1. The van der Waals surface area contributed by atoms with Crippen molar-refractivity contribution in [3.63, 3.8) is 0 Å². The van der Waals surface area contributed by atoms with Gasteiger partial charge >= 0.3 is 5.97 Å². The number of carboxylic acid groups (broad SMARTS) is 1. The van der Waals surface area contributed by atoms with E-state index in [0.717, 1.165) is 31.2 Å². The van der Waals surface area contributed by atoms with Gasteiger partial charge in [0.2, 0.25) is 0 Å². The van der Waals surface area contributed by atoms with Gasteiger partial charge in [-0.15, -0.1) is 0 Å². The number of carboxylic acids is 1. The lowest BCUT2D eigenvalue weighted by Crippen LogP contribution is -2.27. The zero-order valence-corrected chi connectivity index (χ0v) is 20.7. The number of H-pyrrole nitrogens is 1. The zero-order chi connectivity index (χ0) is 26.6. The molecule has 194 valence electrons. The van der Waals surface area contributed by atoms with Crippen LogP contribution in [0.5, 0.6) is 5.75 Å². The van der Waals surface area contributed by atoms with Crippen LogP contribution in [-0.4, -0.2) is 43.6 Å². The summed E-state index contributed by atoms with van der Waals surface area (Å²) in [6, 6.07) is 12.8. The zero-order valence-electron chi connectivity index (χ0n) is 20.7. The minimum atomic E-state index is -1.05. The monoisotopic (exact) mass is 512 g/mol. The van der Waals surface area contributed by atoms with E-state index in [4.69, 9.17) is 5.11 Å². The van der Waals surface area contributed by atoms with Crippen LogP contribution >= 0.6 is 0 Å². The van der Waals surface area contributed by atoms with E-state index < -0.39 is 11.9 Å². The first-order chi connectivity index (χ1) is 18.4. The van der Waals surface area contributed by atoms with Crippen LogP contribution in [0.15, 0.2) is 59.7 Å². The molecule has 0 aliphatic heterocycles. The minimum absolute atomic E-state index is 0.120. The van der Waals surface area contributed by atoms with E-state index in [1.165, 1.54) is 0 Å². The van der Waals surface area contributed by atoms with Crippen molar-refractivity contribution in [1.29, 1.82) is 0 Å². The average Bonchev–Trinajstić information content (AvgIpc) is 3.42. The van der Waals surface area contributed by atoms with E-state index in [0.29, 0.717) is 45.6 Å². The van der Waals surface area contributed by atoms with Crippen molar-refractivity contribution in [1.82, 2.24) is 20.3 Å². The van der Waals surface area contributed by atoms with Crippen molar-refractivity contribution in [2.24, 2.45) is 5.92 Å². The summed E-state index contributed by atoms with van der Waals surface area (Å²) in [4.78, 5) is 49.3. The Balaban J connectivity index is 1.80. The number of nitrogens with zero attached hydrogens (tertiary/aromatic N) is 2. The fourth-order valence-electron chi connectivity index (χ4n) is 5.28. The van der Waals surface area contributed by atoms with Crippen LogP contribution in [0.25, 0.3) is 33.3 Å². The first-order valence-electron chi connectivity index (χ1n) is 12.7. The first-order valence-corrected chi connectivity index (χ1v) is 12.7. The van der Waals surface area contributed by atoms with Gasteiger partial charge in [0.05, 0.1) is 23.2 Å². The maximum absolute atomic E-state index is 13.6. The Bertz CT molecular complexity index is 1540. The highest BCUT2D eigenvalue weighted by atomic mass is 16.4. The molecule has 0 atom stereocenters. The third-order valence-corrected chi connectivity index (χ3v) is 7.05. The summed E-state index contributed by atoms with van der Waals surface area (Å²) in [5.41, 5.74) is 2.51. The minimum Gasteiger partial charge on any atom is -0.505 e. The summed E-state index contributed by atoms with van der Waals surface area (Å²) in [5.74, 6) is -1.76. The highest BCUT2D eigenvalue weighted by Gasteiger charge is 2.28. The van der Waals surface area contributed by atoms with Gasteiger partial charge in [0.15, 0.2) is 11.4 Å². The van der Waals surface area contributed by atoms with Gasteiger partial charge in [-0.3, -0.25) is 19.4 Å². The molecule has 1 amide bonds. The molecular weight excluding hydrogens is 484 g/mol. The van der Waals surface area contributed by atoms with Gasteiger partial charge in [0.1, 0.15) is 0 Å². The maximum Gasteiger partial charge on any atom is 0.305 e. The average molecular weight is 513 g/mol. The highest BCUT2D eigenvalue weighted by molar-refractivity contribution is 6.07.